The zero-order valence-corrected chi connectivity index (χ0v) is 16.9. The predicted octanol–water partition coefficient (Wildman–Crippen LogP) is 3.66. The number of nitrogens with zero attached hydrogens (tertiary/aromatic N) is 4. The van der Waals surface area contributed by atoms with Crippen LogP contribution in [0.3, 0.4) is 0 Å². The van der Waals surface area contributed by atoms with Gasteiger partial charge in [-0.05, 0) is 26.3 Å². The molecule has 0 bridgehead atoms. The maximum Gasteiger partial charge on any atom is 0.246 e. The van der Waals surface area contributed by atoms with Gasteiger partial charge in [-0.25, -0.2) is 15.1 Å². The van der Waals surface area contributed by atoms with E-state index in [0.29, 0.717) is 17.3 Å². The molecule has 1 N–H and O–H groups in total. The normalized spacial score (nSPS) is 11.3. The summed E-state index contributed by atoms with van der Waals surface area (Å²) in [6, 6.07) is 8.22. The molecule has 0 aliphatic rings. The second-order valence-corrected chi connectivity index (χ2v) is 7.68. The molecule has 0 unspecified atom stereocenters. The molecule has 2 aromatic heterocycles. The van der Waals surface area contributed by atoms with Gasteiger partial charge in [0.1, 0.15) is 5.15 Å². The van der Waals surface area contributed by atoms with Crippen LogP contribution in [0, 0.1) is 20.8 Å². The third kappa shape index (κ3) is 5.02. The summed E-state index contributed by atoms with van der Waals surface area (Å²) >= 11 is 7.96. The molecule has 2 heterocycles. The Hall–Kier alpha value is -2.51. The Morgan fingerprint density at radius 2 is 2.04 bits per heavy atom. The summed E-state index contributed by atoms with van der Waals surface area (Å²) in [7, 11) is 0. The zero-order valence-electron chi connectivity index (χ0n) is 15.4. The van der Waals surface area contributed by atoms with Crippen molar-refractivity contribution in [2.45, 2.75) is 33.7 Å². The van der Waals surface area contributed by atoms with Crippen LogP contribution < -0.4 is 5.43 Å². The lowest BCUT2D eigenvalue weighted by atomic mass is 10.1. The Kier molecular flexibility index (Phi) is 6.03. The first-order valence-electron chi connectivity index (χ1n) is 8.43. The molecule has 0 fully saturated rings. The van der Waals surface area contributed by atoms with E-state index in [0.717, 1.165) is 22.0 Å². The molecule has 0 saturated heterocycles. The van der Waals surface area contributed by atoms with Crippen LogP contribution in [-0.4, -0.2) is 26.9 Å². The number of hydrogen-bond donors (Lipinski definition) is 1. The van der Waals surface area contributed by atoms with E-state index in [4.69, 9.17) is 11.6 Å². The number of aryl methyl sites for hydroxylation is 3. The Morgan fingerprint density at radius 3 is 2.70 bits per heavy atom. The fourth-order valence-corrected chi connectivity index (χ4v) is 3.44. The lowest BCUT2D eigenvalue weighted by Gasteiger charge is -2.04. The van der Waals surface area contributed by atoms with Gasteiger partial charge in [0.2, 0.25) is 5.91 Å². The van der Waals surface area contributed by atoms with Crippen LogP contribution in [0.15, 0.2) is 34.7 Å². The first-order valence-corrected chi connectivity index (χ1v) is 9.69. The molecule has 3 aromatic rings. The second-order valence-electron chi connectivity index (χ2n) is 6.26. The van der Waals surface area contributed by atoms with Gasteiger partial charge < -0.3 is 0 Å². The van der Waals surface area contributed by atoms with Crippen molar-refractivity contribution in [3.63, 3.8) is 0 Å². The van der Waals surface area contributed by atoms with Crippen LogP contribution in [0.4, 0.5) is 0 Å². The van der Waals surface area contributed by atoms with E-state index >= 15 is 0 Å². The maximum atomic E-state index is 11.9. The molecule has 0 aliphatic carbocycles. The smallest absolute Gasteiger partial charge is 0.246 e. The van der Waals surface area contributed by atoms with Crippen molar-refractivity contribution >= 4 is 35.1 Å². The van der Waals surface area contributed by atoms with Crippen LogP contribution in [0.1, 0.15) is 33.1 Å². The highest BCUT2D eigenvalue weighted by molar-refractivity contribution is 7.09. The summed E-state index contributed by atoms with van der Waals surface area (Å²) in [4.78, 5) is 16.2. The molecule has 0 aliphatic heterocycles. The van der Waals surface area contributed by atoms with Crippen molar-refractivity contribution in [1.82, 2.24) is 20.2 Å². The second kappa shape index (κ2) is 8.45. The summed E-state index contributed by atoms with van der Waals surface area (Å²) < 4.78 is 1.72. The molecule has 0 spiro atoms. The van der Waals surface area contributed by atoms with Crippen molar-refractivity contribution in [3.8, 4) is 0 Å². The van der Waals surface area contributed by atoms with Gasteiger partial charge in [-0.2, -0.15) is 10.2 Å². The molecule has 1 amide bonds. The van der Waals surface area contributed by atoms with E-state index in [1.807, 2.05) is 26.2 Å². The Morgan fingerprint density at radius 1 is 1.30 bits per heavy atom. The molecular formula is C19H20ClN5OS. The summed E-state index contributed by atoms with van der Waals surface area (Å²) in [5.41, 5.74) is 7.01. The minimum Gasteiger partial charge on any atom is -0.273 e. The van der Waals surface area contributed by atoms with Gasteiger partial charge in [-0.3, -0.25) is 4.79 Å². The third-order valence-corrected chi connectivity index (χ3v) is 5.17. The lowest BCUT2D eigenvalue weighted by Crippen LogP contribution is -2.20. The predicted molar refractivity (Wildman–Crippen MR) is 109 cm³/mol. The van der Waals surface area contributed by atoms with Gasteiger partial charge >= 0.3 is 0 Å². The number of amides is 1. The standard InChI is InChI=1S/C19H20ClN5OS/c1-12-4-6-15(7-5-12)10-25-19(20)17(13(2)24-25)9-21-23-18(26)8-16-11-27-14(3)22-16/h4-7,9,11H,8,10H2,1-3H3,(H,23,26)/b21-9-. The Labute approximate surface area is 166 Å². The summed E-state index contributed by atoms with van der Waals surface area (Å²) in [6.07, 6.45) is 1.72. The number of halogens is 1. The van der Waals surface area contributed by atoms with Gasteiger partial charge in [-0.1, -0.05) is 41.4 Å². The van der Waals surface area contributed by atoms with E-state index in [1.165, 1.54) is 23.1 Å². The van der Waals surface area contributed by atoms with Crippen molar-refractivity contribution in [2.24, 2.45) is 5.10 Å². The highest BCUT2D eigenvalue weighted by Gasteiger charge is 2.12. The molecule has 0 saturated carbocycles. The first-order chi connectivity index (χ1) is 12.9. The van der Waals surface area contributed by atoms with Crippen molar-refractivity contribution < 1.29 is 4.79 Å². The maximum absolute atomic E-state index is 11.9. The largest absolute Gasteiger partial charge is 0.273 e. The number of rotatable bonds is 6. The lowest BCUT2D eigenvalue weighted by molar-refractivity contribution is -0.120. The van der Waals surface area contributed by atoms with E-state index in [1.54, 1.807) is 4.68 Å². The van der Waals surface area contributed by atoms with Crippen molar-refractivity contribution in [3.05, 3.63) is 67.9 Å². The van der Waals surface area contributed by atoms with Gasteiger partial charge in [-0.15, -0.1) is 11.3 Å². The molecule has 0 atom stereocenters. The topological polar surface area (TPSA) is 72.2 Å². The molecule has 8 heteroatoms. The number of hydrazone groups is 1. The number of benzene rings is 1. The number of carbonyl (C=O) groups is 1. The Bertz CT molecular complexity index is 975. The van der Waals surface area contributed by atoms with Gasteiger partial charge in [0.15, 0.2) is 0 Å². The van der Waals surface area contributed by atoms with Crippen molar-refractivity contribution in [2.75, 3.05) is 0 Å². The molecule has 6 nitrogen and oxygen atoms in total. The van der Waals surface area contributed by atoms with E-state index < -0.39 is 0 Å². The summed E-state index contributed by atoms with van der Waals surface area (Å²) in [5, 5.41) is 11.8. The summed E-state index contributed by atoms with van der Waals surface area (Å²) in [5.74, 6) is -0.225. The number of carbonyl (C=O) groups excluding carboxylic acids is 1. The molecule has 0 radical (unpaired) electrons. The number of hydrogen-bond acceptors (Lipinski definition) is 5. The fraction of sp³-hybridized carbons (Fsp3) is 0.263. The fourth-order valence-electron chi connectivity index (χ4n) is 2.55. The number of nitrogens with one attached hydrogen (secondary N) is 1. The monoisotopic (exact) mass is 401 g/mol. The molecule has 27 heavy (non-hydrogen) atoms. The van der Waals surface area contributed by atoms with Crippen LogP contribution in [-0.2, 0) is 17.8 Å². The van der Waals surface area contributed by atoms with Crippen LogP contribution in [0.2, 0.25) is 5.15 Å². The van der Waals surface area contributed by atoms with Crippen LogP contribution >= 0.6 is 22.9 Å². The SMILES string of the molecule is Cc1ccc(Cn2nc(C)c(/C=N\NC(=O)Cc3csc(C)n3)c2Cl)cc1. The van der Waals surface area contributed by atoms with E-state index in [2.05, 4.69) is 44.9 Å². The van der Waals surface area contributed by atoms with Gasteiger partial charge in [0.05, 0.1) is 41.1 Å². The van der Waals surface area contributed by atoms with Gasteiger partial charge in [0, 0.05) is 5.38 Å². The number of thiazole rings is 1. The summed E-state index contributed by atoms with van der Waals surface area (Å²) in [6.45, 7) is 6.39. The average molecular weight is 402 g/mol. The molecule has 140 valence electrons. The minimum absolute atomic E-state index is 0.196. The van der Waals surface area contributed by atoms with Crippen molar-refractivity contribution in [1.29, 1.82) is 0 Å². The van der Waals surface area contributed by atoms with Gasteiger partial charge in [0.25, 0.3) is 0 Å². The van der Waals surface area contributed by atoms with Crippen LogP contribution in [0.25, 0.3) is 0 Å². The van der Waals surface area contributed by atoms with Crippen LogP contribution in [0.5, 0.6) is 0 Å². The molecular weight excluding hydrogens is 382 g/mol. The average Bonchev–Trinajstić information content (AvgIpc) is 3.14. The quantitative estimate of drug-likeness (QED) is 0.506. The third-order valence-electron chi connectivity index (χ3n) is 3.95. The number of aromatic nitrogens is 3. The van der Waals surface area contributed by atoms with E-state index in [9.17, 15) is 4.79 Å². The minimum atomic E-state index is -0.225. The molecule has 3 rings (SSSR count). The molecule has 1 aromatic carbocycles. The zero-order chi connectivity index (χ0) is 19.4. The van der Waals surface area contributed by atoms with E-state index in [-0.39, 0.29) is 12.3 Å². The Balaban J connectivity index is 1.64. The first kappa shape index (κ1) is 19.3. The highest BCUT2D eigenvalue weighted by atomic mass is 35.5. The highest BCUT2D eigenvalue weighted by Crippen LogP contribution is 2.19.